The molecule has 4 aromatic carbocycles. The maximum absolute atomic E-state index is 4.92. The van der Waals surface area contributed by atoms with Crippen LogP contribution in [0.15, 0.2) is 108 Å². The minimum absolute atomic E-state index is 0.750. The first-order valence-electron chi connectivity index (χ1n) is 9.64. The molecule has 140 valence electrons. The third-order valence-corrected chi connectivity index (χ3v) is 5.91. The van der Waals surface area contributed by atoms with Crippen molar-refractivity contribution < 1.29 is 0 Å². The van der Waals surface area contributed by atoms with Crippen molar-refractivity contribution in [2.24, 2.45) is 0 Å². The summed E-state index contributed by atoms with van der Waals surface area (Å²) >= 11 is 3.80. The Kier molecular flexibility index (Phi) is 4.74. The Morgan fingerprint density at radius 3 is 2.03 bits per heavy atom. The van der Waals surface area contributed by atoms with Crippen LogP contribution < -0.4 is 0 Å². The van der Waals surface area contributed by atoms with Crippen LogP contribution in [0.1, 0.15) is 5.56 Å². The average Bonchev–Trinajstić information content (AvgIpc) is 3.15. The molecule has 29 heavy (non-hydrogen) atoms. The number of para-hydroxylation sites is 2. The zero-order valence-corrected chi connectivity index (χ0v) is 17.4. The lowest BCUT2D eigenvalue weighted by molar-refractivity contribution is 0.831. The SMILES string of the molecule is Brc1cc(-c2ccccc2)ccc1Cn1c(-c2ccccc2)nc2ccccc21. The molecule has 1 heterocycles. The monoisotopic (exact) mass is 438 g/mol. The van der Waals surface area contributed by atoms with Crippen LogP contribution in [0.25, 0.3) is 33.5 Å². The smallest absolute Gasteiger partial charge is 0.141 e. The summed E-state index contributed by atoms with van der Waals surface area (Å²) in [5, 5.41) is 0. The van der Waals surface area contributed by atoms with E-state index in [-0.39, 0.29) is 0 Å². The summed E-state index contributed by atoms with van der Waals surface area (Å²) in [5.74, 6) is 0.992. The minimum atomic E-state index is 0.750. The summed E-state index contributed by atoms with van der Waals surface area (Å²) < 4.78 is 3.41. The van der Waals surface area contributed by atoms with E-state index >= 15 is 0 Å². The van der Waals surface area contributed by atoms with Gasteiger partial charge >= 0.3 is 0 Å². The van der Waals surface area contributed by atoms with Gasteiger partial charge in [-0.1, -0.05) is 101 Å². The highest BCUT2D eigenvalue weighted by Crippen LogP contribution is 2.30. The van der Waals surface area contributed by atoms with Gasteiger partial charge in [-0.3, -0.25) is 0 Å². The molecule has 0 amide bonds. The molecule has 0 saturated carbocycles. The van der Waals surface area contributed by atoms with Gasteiger partial charge in [-0.05, 0) is 34.9 Å². The number of hydrogen-bond acceptors (Lipinski definition) is 1. The molecule has 0 aliphatic carbocycles. The lowest BCUT2D eigenvalue weighted by Gasteiger charge is -2.12. The third kappa shape index (κ3) is 3.50. The molecule has 1 aromatic heterocycles. The number of nitrogens with zero attached hydrogens (tertiary/aromatic N) is 2. The molecule has 0 spiro atoms. The maximum atomic E-state index is 4.92. The number of rotatable bonds is 4. The van der Waals surface area contributed by atoms with E-state index in [2.05, 4.69) is 105 Å². The Hall–Kier alpha value is -3.17. The molecule has 5 rings (SSSR count). The summed E-state index contributed by atoms with van der Waals surface area (Å²) in [6.45, 7) is 0.750. The van der Waals surface area contributed by atoms with Gasteiger partial charge in [0, 0.05) is 10.0 Å². The van der Waals surface area contributed by atoms with Gasteiger partial charge in [0.1, 0.15) is 5.82 Å². The molecule has 0 aliphatic heterocycles. The van der Waals surface area contributed by atoms with Crippen LogP contribution in [0.4, 0.5) is 0 Å². The van der Waals surface area contributed by atoms with E-state index in [0.717, 1.165) is 33.4 Å². The Morgan fingerprint density at radius 1 is 0.655 bits per heavy atom. The van der Waals surface area contributed by atoms with Crippen LogP contribution in [0.2, 0.25) is 0 Å². The summed E-state index contributed by atoms with van der Waals surface area (Å²) in [6, 6.07) is 35.8. The van der Waals surface area contributed by atoms with E-state index in [9.17, 15) is 0 Å². The fraction of sp³-hybridized carbons (Fsp3) is 0.0385. The predicted octanol–water partition coefficient (Wildman–Crippen LogP) is 7.18. The molecule has 0 N–H and O–H groups in total. The second-order valence-electron chi connectivity index (χ2n) is 7.05. The van der Waals surface area contributed by atoms with Crippen LogP contribution in [-0.4, -0.2) is 9.55 Å². The van der Waals surface area contributed by atoms with Gasteiger partial charge in [0.2, 0.25) is 0 Å². The van der Waals surface area contributed by atoms with E-state index in [0.29, 0.717) is 0 Å². The van der Waals surface area contributed by atoms with Gasteiger partial charge in [0.05, 0.1) is 17.6 Å². The average molecular weight is 439 g/mol. The Morgan fingerprint density at radius 2 is 1.31 bits per heavy atom. The molecule has 0 unspecified atom stereocenters. The standard InChI is InChI=1S/C26H19BrN2/c27-23-17-21(19-9-3-1-4-10-19)15-16-22(23)18-29-25-14-8-7-13-24(25)28-26(29)20-11-5-2-6-12-20/h1-17H,18H2. The highest BCUT2D eigenvalue weighted by atomic mass is 79.9. The fourth-order valence-electron chi connectivity index (χ4n) is 3.70. The summed E-state index contributed by atoms with van der Waals surface area (Å²) in [6.07, 6.45) is 0. The quantitative estimate of drug-likeness (QED) is 0.290. The lowest BCUT2D eigenvalue weighted by Crippen LogP contribution is -2.03. The Labute approximate surface area is 178 Å². The van der Waals surface area contributed by atoms with Crippen molar-refractivity contribution in [3.05, 3.63) is 113 Å². The van der Waals surface area contributed by atoms with E-state index in [1.54, 1.807) is 0 Å². The highest BCUT2D eigenvalue weighted by Gasteiger charge is 2.14. The molecule has 0 aliphatic rings. The molecule has 0 saturated heterocycles. The van der Waals surface area contributed by atoms with E-state index < -0.39 is 0 Å². The van der Waals surface area contributed by atoms with Crippen molar-refractivity contribution in [3.63, 3.8) is 0 Å². The molecule has 0 radical (unpaired) electrons. The van der Waals surface area contributed by atoms with Gasteiger partial charge in [-0.25, -0.2) is 4.98 Å². The van der Waals surface area contributed by atoms with Crippen LogP contribution >= 0.6 is 15.9 Å². The second kappa shape index (κ2) is 7.69. The van der Waals surface area contributed by atoms with Crippen LogP contribution in [0.5, 0.6) is 0 Å². The maximum Gasteiger partial charge on any atom is 0.141 e. The first-order chi connectivity index (χ1) is 14.3. The normalized spacial score (nSPS) is 11.1. The van der Waals surface area contributed by atoms with Crippen molar-refractivity contribution in [1.82, 2.24) is 9.55 Å². The van der Waals surface area contributed by atoms with Gasteiger partial charge in [-0.2, -0.15) is 0 Å². The van der Waals surface area contributed by atoms with Gasteiger partial charge in [0.15, 0.2) is 0 Å². The molecular formula is C26H19BrN2. The topological polar surface area (TPSA) is 17.8 Å². The van der Waals surface area contributed by atoms with E-state index in [4.69, 9.17) is 4.98 Å². The number of fused-ring (bicyclic) bond motifs is 1. The zero-order chi connectivity index (χ0) is 19.6. The summed E-state index contributed by atoms with van der Waals surface area (Å²) in [5.41, 5.74) is 6.94. The largest absolute Gasteiger partial charge is 0.319 e. The van der Waals surface area contributed by atoms with Crippen LogP contribution in [0.3, 0.4) is 0 Å². The van der Waals surface area contributed by atoms with Crippen molar-refractivity contribution >= 4 is 27.0 Å². The fourth-order valence-corrected chi connectivity index (χ4v) is 4.20. The highest BCUT2D eigenvalue weighted by molar-refractivity contribution is 9.10. The van der Waals surface area contributed by atoms with Gasteiger partial charge in [-0.15, -0.1) is 0 Å². The molecule has 5 aromatic rings. The molecule has 0 atom stereocenters. The predicted molar refractivity (Wildman–Crippen MR) is 124 cm³/mol. The number of halogens is 1. The lowest BCUT2D eigenvalue weighted by atomic mass is 10.0. The van der Waals surface area contributed by atoms with E-state index in [1.807, 2.05) is 18.2 Å². The van der Waals surface area contributed by atoms with Crippen molar-refractivity contribution in [2.75, 3.05) is 0 Å². The molecular weight excluding hydrogens is 420 g/mol. The number of imidazole rings is 1. The first-order valence-corrected chi connectivity index (χ1v) is 10.4. The molecule has 0 bridgehead atoms. The molecule has 2 nitrogen and oxygen atoms in total. The summed E-state index contributed by atoms with van der Waals surface area (Å²) in [4.78, 5) is 4.92. The number of aromatic nitrogens is 2. The van der Waals surface area contributed by atoms with Crippen molar-refractivity contribution in [3.8, 4) is 22.5 Å². The van der Waals surface area contributed by atoms with Gasteiger partial charge < -0.3 is 4.57 Å². The first kappa shape index (κ1) is 17.9. The van der Waals surface area contributed by atoms with Crippen molar-refractivity contribution in [1.29, 1.82) is 0 Å². The van der Waals surface area contributed by atoms with Gasteiger partial charge in [0.25, 0.3) is 0 Å². The van der Waals surface area contributed by atoms with E-state index in [1.165, 1.54) is 16.7 Å². The van der Waals surface area contributed by atoms with Crippen LogP contribution in [-0.2, 0) is 6.54 Å². The van der Waals surface area contributed by atoms with Crippen LogP contribution in [0, 0.1) is 0 Å². The molecule has 0 fully saturated rings. The minimum Gasteiger partial charge on any atom is -0.319 e. The summed E-state index contributed by atoms with van der Waals surface area (Å²) in [7, 11) is 0. The Bertz CT molecular complexity index is 1270. The van der Waals surface area contributed by atoms with Crippen molar-refractivity contribution in [2.45, 2.75) is 6.54 Å². The zero-order valence-electron chi connectivity index (χ0n) is 15.8. The molecule has 3 heteroatoms. The second-order valence-corrected chi connectivity index (χ2v) is 7.90. The number of hydrogen-bond donors (Lipinski definition) is 0. The third-order valence-electron chi connectivity index (χ3n) is 5.18. The Balaban J connectivity index is 1.59. The number of benzene rings is 4.